The fraction of sp³-hybridized carbons (Fsp3) is 0. The van der Waals surface area contributed by atoms with Crippen LogP contribution < -0.4 is 0 Å². The van der Waals surface area contributed by atoms with Crippen LogP contribution in [0.15, 0.2) is 24.8 Å². The molecule has 0 aliphatic rings. The average Bonchev–Trinajstić information content (AvgIpc) is 2.56. The Hall–Kier alpha value is -1.85. The molecular weight excluding hydrogens is 178 g/mol. The van der Waals surface area contributed by atoms with E-state index >= 15 is 0 Å². The lowest BCUT2D eigenvalue weighted by molar-refractivity contribution is 0.505. The van der Waals surface area contributed by atoms with Crippen LogP contribution in [-0.2, 0) is 0 Å². The first-order chi connectivity index (χ1) is 6.27. The number of pyridine rings is 1. The molecule has 0 unspecified atom stereocenters. The van der Waals surface area contributed by atoms with Crippen molar-refractivity contribution in [1.82, 2.24) is 19.7 Å². The highest BCUT2D eigenvalue weighted by atomic mass is 19.1. The van der Waals surface area contributed by atoms with E-state index in [4.69, 9.17) is 0 Å². The van der Waals surface area contributed by atoms with Crippen LogP contribution in [0, 0.1) is 11.9 Å². The lowest BCUT2D eigenvalue weighted by atomic mass is 10.4. The molecule has 2 heterocycles. The van der Waals surface area contributed by atoms with Crippen LogP contribution in [0.1, 0.15) is 0 Å². The minimum atomic E-state index is -0.912. The van der Waals surface area contributed by atoms with Crippen LogP contribution in [0.3, 0.4) is 0 Å². The highest BCUT2D eigenvalue weighted by Crippen LogP contribution is 2.08. The summed E-state index contributed by atoms with van der Waals surface area (Å²) in [5.74, 6) is -1.77. The van der Waals surface area contributed by atoms with Gasteiger partial charge in [0.1, 0.15) is 18.3 Å². The van der Waals surface area contributed by atoms with Gasteiger partial charge in [-0.2, -0.15) is 18.9 Å². The molecular formula is C7H4F2N4. The largest absolute Gasteiger partial charge is 0.241 e. The Bertz CT molecular complexity index is 412. The average molecular weight is 182 g/mol. The van der Waals surface area contributed by atoms with Crippen molar-refractivity contribution in [3.63, 3.8) is 0 Å². The van der Waals surface area contributed by atoms with E-state index in [1.54, 1.807) is 0 Å². The van der Waals surface area contributed by atoms with Gasteiger partial charge in [0, 0.05) is 0 Å². The predicted molar refractivity (Wildman–Crippen MR) is 39.1 cm³/mol. The molecule has 0 bridgehead atoms. The molecule has 0 saturated heterocycles. The molecule has 0 fully saturated rings. The first-order valence-corrected chi connectivity index (χ1v) is 3.44. The topological polar surface area (TPSA) is 43.6 Å². The molecule has 2 aromatic rings. The summed E-state index contributed by atoms with van der Waals surface area (Å²) in [6.45, 7) is 0. The van der Waals surface area contributed by atoms with Gasteiger partial charge in [0.15, 0.2) is 0 Å². The predicted octanol–water partition coefficient (Wildman–Crippen LogP) is 0.940. The van der Waals surface area contributed by atoms with Crippen molar-refractivity contribution < 1.29 is 8.78 Å². The molecule has 0 aliphatic carbocycles. The maximum atomic E-state index is 13.0. The number of rotatable bonds is 1. The third kappa shape index (κ3) is 1.37. The first kappa shape index (κ1) is 7.78. The van der Waals surface area contributed by atoms with Crippen LogP contribution in [0.2, 0.25) is 0 Å². The van der Waals surface area contributed by atoms with E-state index in [1.807, 2.05) is 0 Å². The Labute approximate surface area is 71.9 Å². The van der Waals surface area contributed by atoms with Gasteiger partial charge in [-0.1, -0.05) is 0 Å². The maximum absolute atomic E-state index is 13.0. The van der Waals surface area contributed by atoms with Gasteiger partial charge < -0.3 is 0 Å². The zero-order valence-electron chi connectivity index (χ0n) is 6.35. The van der Waals surface area contributed by atoms with Crippen molar-refractivity contribution in [3.8, 4) is 5.69 Å². The standard InChI is InChI=1S/C7H4F2N4/c8-6-2-1-5(7(9)12-6)13-4-10-3-11-13/h1-4H. The molecule has 0 radical (unpaired) electrons. The molecule has 0 aromatic carbocycles. The minimum Gasteiger partial charge on any atom is -0.223 e. The van der Waals surface area contributed by atoms with Gasteiger partial charge in [-0.3, -0.25) is 0 Å². The van der Waals surface area contributed by atoms with E-state index in [2.05, 4.69) is 15.1 Å². The second-order valence-corrected chi connectivity index (χ2v) is 2.28. The molecule has 0 N–H and O–H groups in total. The molecule has 0 aliphatic heterocycles. The summed E-state index contributed by atoms with van der Waals surface area (Å²) in [7, 11) is 0. The van der Waals surface area contributed by atoms with Crippen molar-refractivity contribution >= 4 is 0 Å². The molecule has 2 aromatic heterocycles. The summed E-state index contributed by atoms with van der Waals surface area (Å²) in [6, 6.07) is 2.30. The highest BCUT2D eigenvalue weighted by molar-refractivity contribution is 5.27. The van der Waals surface area contributed by atoms with Crippen molar-refractivity contribution in [3.05, 3.63) is 36.7 Å². The molecule has 6 heteroatoms. The lowest BCUT2D eigenvalue weighted by Gasteiger charge is -1.99. The number of nitrogens with zero attached hydrogens (tertiary/aromatic N) is 4. The molecule has 13 heavy (non-hydrogen) atoms. The Morgan fingerprint density at radius 1 is 1.23 bits per heavy atom. The third-order valence-electron chi connectivity index (χ3n) is 1.46. The molecule has 0 amide bonds. The van der Waals surface area contributed by atoms with E-state index < -0.39 is 11.9 Å². The second kappa shape index (κ2) is 2.89. The Morgan fingerprint density at radius 2 is 2.08 bits per heavy atom. The summed E-state index contributed by atoms with van der Waals surface area (Å²) < 4.78 is 26.5. The van der Waals surface area contributed by atoms with E-state index in [1.165, 1.54) is 23.4 Å². The zero-order valence-corrected chi connectivity index (χ0v) is 6.35. The maximum Gasteiger partial charge on any atom is 0.241 e. The highest BCUT2D eigenvalue weighted by Gasteiger charge is 2.06. The summed E-state index contributed by atoms with van der Waals surface area (Å²) >= 11 is 0. The Morgan fingerprint density at radius 3 is 2.69 bits per heavy atom. The molecule has 66 valence electrons. The van der Waals surface area contributed by atoms with Crippen molar-refractivity contribution in [1.29, 1.82) is 0 Å². The van der Waals surface area contributed by atoms with Gasteiger partial charge in [-0.15, -0.1) is 0 Å². The summed E-state index contributed by atoms with van der Waals surface area (Å²) in [4.78, 5) is 6.63. The summed E-state index contributed by atoms with van der Waals surface area (Å²) in [6.07, 6.45) is 2.56. The fourth-order valence-corrected chi connectivity index (χ4v) is 0.908. The van der Waals surface area contributed by atoms with Gasteiger partial charge in [0.25, 0.3) is 0 Å². The molecule has 0 spiro atoms. The smallest absolute Gasteiger partial charge is 0.223 e. The van der Waals surface area contributed by atoms with Gasteiger partial charge in [-0.25, -0.2) is 9.67 Å². The SMILES string of the molecule is Fc1ccc(-n2cncn2)c(F)n1. The van der Waals surface area contributed by atoms with Crippen molar-refractivity contribution in [2.45, 2.75) is 0 Å². The van der Waals surface area contributed by atoms with Gasteiger partial charge >= 0.3 is 0 Å². The number of hydrogen-bond acceptors (Lipinski definition) is 3. The fourth-order valence-electron chi connectivity index (χ4n) is 0.908. The molecule has 0 saturated carbocycles. The van der Waals surface area contributed by atoms with Gasteiger partial charge in [-0.05, 0) is 12.1 Å². The van der Waals surface area contributed by atoms with Crippen molar-refractivity contribution in [2.75, 3.05) is 0 Å². The van der Waals surface area contributed by atoms with Crippen molar-refractivity contribution in [2.24, 2.45) is 0 Å². The van der Waals surface area contributed by atoms with Crippen LogP contribution >= 0.6 is 0 Å². The first-order valence-electron chi connectivity index (χ1n) is 3.44. The number of halogens is 2. The monoisotopic (exact) mass is 182 g/mol. The molecule has 4 nitrogen and oxygen atoms in total. The van der Waals surface area contributed by atoms with E-state index in [9.17, 15) is 8.78 Å². The van der Waals surface area contributed by atoms with E-state index in [0.29, 0.717) is 0 Å². The quantitative estimate of drug-likeness (QED) is 0.616. The van der Waals surface area contributed by atoms with E-state index in [0.717, 1.165) is 6.07 Å². The number of hydrogen-bond donors (Lipinski definition) is 0. The summed E-state index contributed by atoms with van der Waals surface area (Å²) in [5, 5.41) is 3.68. The Kier molecular flexibility index (Phi) is 1.73. The minimum absolute atomic E-state index is 0.0684. The zero-order chi connectivity index (χ0) is 9.26. The third-order valence-corrected chi connectivity index (χ3v) is 1.46. The molecule has 0 atom stereocenters. The lowest BCUT2D eigenvalue weighted by Crippen LogP contribution is -2.01. The normalized spacial score (nSPS) is 10.3. The number of aromatic nitrogens is 4. The van der Waals surface area contributed by atoms with E-state index in [-0.39, 0.29) is 5.69 Å². The van der Waals surface area contributed by atoms with Crippen LogP contribution in [-0.4, -0.2) is 19.7 Å². The molecule has 2 rings (SSSR count). The Balaban J connectivity index is 2.53. The summed E-state index contributed by atoms with van der Waals surface area (Å²) in [5.41, 5.74) is 0.0684. The van der Waals surface area contributed by atoms with Crippen LogP contribution in [0.25, 0.3) is 5.69 Å². The van der Waals surface area contributed by atoms with Crippen LogP contribution in [0.4, 0.5) is 8.78 Å². The van der Waals surface area contributed by atoms with Gasteiger partial charge in [0.2, 0.25) is 11.9 Å². The second-order valence-electron chi connectivity index (χ2n) is 2.28. The van der Waals surface area contributed by atoms with Crippen LogP contribution in [0.5, 0.6) is 0 Å². The van der Waals surface area contributed by atoms with Gasteiger partial charge in [0.05, 0.1) is 0 Å².